The molecule has 1 amide bonds. The summed E-state index contributed by atoms with van der Waals surface area (Å²) < 4.78 is 11.6. The lowest BCUT2D eigenvalue weighted by molar-refractivity contribution is -0.137. The summed E-state index contributed by atoms with van der Waals surface area (Å²) in [4.78, 5) is 14.9. The van der Waals surface area contributed by atoms with Gasteiger partial charge < -0.3 is 14.2 Å². The minimum Gasteiger partial charge on any atom is -0.361 e. The molecule has 1 aromatic carbocycles. The van der Waals surface area contributed by atoms with Crippen molar-refractivity contribution in [2.45, 2.75) is 32.9 Å². The van der Waals surface area contributed by atoms with Gasteiger partial charge in [-0.25, -0.2) is 0 Å². The van der Waals surface area contributed by atoms with Crippen molar-refractivity contribution in [1.82, 2.24) is 10.1 Å². The van der Waals surface area contributed by atoms with E-state index in [2.05, 4.69) is 11.7 Å². The van der Waals surface area contributed by atoms with Gasteiger partial charge in [0.05, 0.1) is 12.3 Å². The molecule has 28 heavy (non-hydrogen) atoms. The summed E-state index contributed by atoms with van der Waals surface area (Å²) in [5.74, 6) is 0.740. The minimum absolute atomic E-state index is 0.0133. The highest BCUT2D eigenvalue weighted by molar-refractivity contribution is 6.01. The van der Waals surface area contributed by atoms with Crippen molar-refractivity contribution in [3.8, 4) is 11.1 Å². The van der Waals surface area contributed by atoms with E-state index in [-0.39, 0.29) is 5.91 Å². The minimum atomic E-state index is -0.961. The highest BCUT2D eigenvalue weighted by Gasteiger charge is 2.53. The summed E-state index contributed by atoms with van der Waals surface area (Å²) >= 11 is 0. The summed E-state index contributed by atoms with van der Waals surface area (Å²) in [5, 5.41) is 4.06. The molecule has 2 aliphatic heterocycles. The van der Waals surface area contributed by atoms with E-state index >= 15 is 0 Å². The zero-order chi connectivity index (χ0) is 19.9. The lowest BCUT2D eigenvalue weighted by atomic mass is 9.90. The predicted molar refractivity (Wildman–Crippen MR) is 108 cm³/mol. The normalized spacial score (nSPS) is 21.5. The Labute approximate surface area is 165 Å². The van der Waals surface area contributed by atoms with Gasteiger partial charge in [0.1, 0.15) is 5.76 Å². The molecule has 1 aromatic heterocycles. The molecule has 0 N–H and O–H groups in total. The van der Waals surface area contributed by atoms with Gasteiger partial charge in [0.2, 0.25) is 0 Å². The predicted octanol–water partition coefficient (Wildman–Crippen LogP) is 4.68. The third-order valence-corrected chi connectivity index (χ3v) is 5.44. The zero-order valence-corrected chi connectivity index (χ0v) is 16.5. The van der Waals surface area contributed by atoms with E-state index in [1.807, 2.05) is 63.3 Å². The number of ether oxygens (including phenoxy) is 1. The molecule has 1 saturated heterocycles. The number of carbonyl (C=O) groups excluding carboxylic acids is 1. The Hall–Kier alpha value is -2.92. The third-order valence-electron chi connectivity index (χ3n) is 5.44. The molecular weight excluding hydrogens is 352 g/mol. The first kappa shape index (κ1) is 18.4. The highest BCUT2D eigenvalue weighted by Crippen LogP contribution is 2.48. The number of hydrogen-bond acceptors (Lipinski definition) is 4. The number of rotatable bonds is 4. The number of amides is 1. The Kier molecular flexibility index (Phi) is 4.55. The van der Waals surface area contributed by atoms with E-state index in [4.69, 9.17) is 9.26 Å². The molecule has 2 aliphatic rings. The van der Waals surface area contributed by atoms with E-state index in [0.29, 0.717) is 18.7 Å². The van der Waals surface area contributed by atoms with Gasteiger partial charge in [0.25, 0.3) is 5.91 Å². The Balaban J connectivity index is 1.90. The Morgan fingerprint density at radius 1 is 1.32 bits per heavy atom. The van der Waals surface area contributed by atoms with Crippen LogP contribution in [0.5, 0.6) is 0 Å². The van der Waals surface area contributed by atoms with Gasteiger partial charge in [-0.15, -0.1) is 0 Å². The maximum Gasteiger partial charge on any atom is 0.257 e. The van der Waals surface area contributed by atoms with E-state index < -0.39 is 5.72 Å². The van der Waals surface area contributed by atoms with Crippen LogP contribution in [0.15, 0.2) is 59.2 Å². The van der Waals surface area contributed by atoms with Crippen molar-refractivity contribution in [2.24, 2.45) is 0 Å². The van der Waals surface area contributed by atoms with Crippen LogP contribution in [0, 0.1) is 13.8 Å². The Morgan fingerprint density at radius 3 is 2.86 bits per heavy atom. The average Bonchev–Trinajstić information content (AvgIpc) is 3.17. The first-order valence-electron chi connectivity index (χ1n) is 9.53. The molecule has 1 atom stereocenters. The largest absolute Gasteiger partial charge is 0.361 e. The number of aryl methyl sites for hydroxylation is 2. The van der Waals surface area contributed by atoms with Crippen LogP contribution in [0.25, 0.3) is 11.1 Å². The van der Waals surface area contributed by atoms with Crippen LogP contribution in [0.1, 0.15) is 40.7 Å². The summed E-state index contributed by atoms with van der Waals surface area (Å²) in [7, 11) is 0. The number of benzene rings is 1. The second kappa shape index (κ2) is 6.91. The fourth-order valence-corrected chi connectivity index (χ4v) is 4.19. The van der Waals surface area contributed by atoms with Crippen LogP contribution in [0.3, 0.4) is 0 Å². The second-order valence-electron chi connectivity index (χ2n) is 7.17. The van der Waals surface area contributed by atoms with Gasteiger partial charge in [-0.2, -0.15) is 0 Å². The van der Waals surface area contributed by atoms with Crippen LogP contribution in [0.2, 0.25) is 0 Å². The first-order chi connectivity index (χ1) is 13.5. The van der Waals surface area contributed by atoms with Crippen molar-refractivity contribution in [3.05, 3.63) is 77.2 Å². The van der Waals surface area contributed by atoms with Crippen molar-refractivity contribution >= 4 is 5.91 Å². The molecule has 3 heterocycles. The lowest BCUT2D eigenvalue weighted by Gasteiger charge is -2.43. The summed E-state index contributed by atoms with van der Waals surface area (Å²) in [5.41, 5.74) is 4.02. The monoisotopic (exact) mass is 376 g/mol. The molecule has 144 valence electrons. The number of carbonyl (C=O) groups is 1. The fourth-order valence-electron chi connectivity index (χ4n) is 4.19. The highest BCUT2D eigenvalue weighted by atomic mass is 16.5. The molecule has 2 aromatic rings. The molecule has 1 unspecified atom stereocenters. The standard InChI is InChI=1S/C23H24N2O3/c1-5-6-7-9-15(2)23-20-14-18(21-16(3)24-28-17(21)4)10-11-19(20)22(26)25(23)12-8-13-27-23/h5-7,9-11,14H,2,8,12-13H2,1,3-4H3/b6-5-,9-7-. The van der Waals surface area contributed by atoms with Crippen molar-refractivity contribution in [2.75, 3.05) is 13.2 Å². The molecule has 0 spiro atoms. The molecule has 0 aliphatic carbocycles. The van der Waals surface area contributed by atoms with Crippen LogP contribution >= 0.6 is 0 Å². The number of hydrogen-bond donors (Lipinski definition) is 0. The smallest absolute Gasteiger partial charge is 0.257 e. The SMILES string of the molecule is C=C(/C=C\C=C/C)C12OCCCN1C(=O)c1ccc(-c3c(C)noc3C)cc12. The zero-order valence-electron chi connectivity index (χ0n) is 16.5. The second-order valence-corrected chi connectivity index (χ2v) is 7.17. The van der Waals surface area contributed by atoms with Gasteiger partial charge in [-0.05, 0) is 44.9 Å². The molecule has 1 fully saturated rings. The van der Waals surface area contributed by atoms with Gasteiger partial charge in [0.15, 0.2) is 5.72 Å². The van der Waals surface area contributed by atoms with Gasteiger partial charge in [-0.1, -0.05) is 42.1 Å². The summed E-state index contributed by atoms with van der Waals surface area (Å²) in [6.07, 6.45) is 8.54. The van der Waals surface area contributed by atoms with Crippen LogP contribution < -0.4 is 0 Å². The molecular formula is C23H24N2O3. The molecule has 5 nitrogen and oxygen atoms in total. The van der Waals surface area contributed by atoms with Gasteiger partial charge in [0, 0.05) is 28.8 Å². The molecule has 0 bridgehead atoms. The quantitative estimate of drug-likeness (QED) is 0.727. The molecule has 4 rings (SSSR count). The fraction of sp³-hybridized carbons (Fsp3) is 0.304. The average molecular weight is 376 g/mol. The van der Waals surface area contributed by atoms with Crippen molar-refractivity contribution < 1.29 is 14.1 Å². The van der Waals surface area contributed by atoms with E-state index in [1.54, 1.807) is 4.90 Å². The number of fused-ring (bicyclic) bond motifs is 3. The maximum atomic E-state index is 13.1. The van der Waals surface area contributed by atoms with E-state index in [1.165, 1.54) is 0 Å². The topological polar surface area (TPSA) is 55.6 Å². The Bertz CT molecular complexity index is 995. The molecule has 5 heteroatoms. The van der Waals surface area contributed by atoms with Crippen molar-refractivity contribution in [3.63, 3.8) is 0 Å². The third kappa shape index (κ3) is 2.58. The van der Waals surface area contributed by atoms with E-state index in [9.17, 15) is 4.79 Å². The van der Waals surface area contributed by atoms with Crippen LogP contribution in [-0.2, 0) is 10.5 Å². The maximum absolute atomic E-state index is 13.1. The number of nitrogens with zero attached hydrogens (tertiary/aromatic N) is 2. The molecule has 0 saturated carbocycles. The number of aromatic nitrogens is 1. The lowest BCUT2D eigenvalue weighted by Crippen LogP contribution is -2.51. The number of allylic oxidation sites excluding steroid dienone is 3. The van der Waals surface area contributed by atoms with Crippen LogP contribution in [0.4, 0.5) is 0 Å². The van der Waals surface area contributed by atoms with E-state index in [0.717, 1.165) is 40.1 Å². The van der Waals surface area contributed by atoms with Gasteiger partial charge >= 0.3 is 0 Å². The first-order valence-corrected chi connectivity index (χ1v) is 9.53. The molecule has 0 radical (unpaired) electrons. The summed E-state index contributed by atoms with van der Waals surface area (Å²) in [6.45, 7) is 11.3. The van der Waals surface area contributed by atoms with Crippen LogP contribution in [-0.4, -0.2) is 29.1 Å². The summed E-state index contributed by atoms with van der Waals surface area (Å²) in [6, 6.07) is 5.86. The van der Waals surface area contributed by atoms with Crippen molar-refractivity contribution in [1.29, 1.82) is 0 Å². The van der Waals surface area contributed by atoms with Gasteiger partial charge in [-0.3, -0.25) is 4.79 Å². The Morgan fingerprint density at radius 2 is 2.14 bits per heavy atom.